The maximum atomic E-state index is 14.0. The highest BCUT2D eigenvalue weighted by Crippen LogP contribution is 2.60. The minimum absolute atomic E-state index is 0.125. The van der Waals surface area contributed by atoms with E-state index >= 15 is 0 Å². The topological polar surface area (TPSA) is 57.2 Å². The molecular weight excluding hydrogens is 653 g/mol. The van der Waals surface area contributed by atoms with Gasteiger partial charge >= 0.3 is 35.8 Å². The molecule has 0 aliphatic rings. The van der Waals surface area contributed by atoms with E-state index in [2.05, 4.69) is 6.92 Å². The highest BCUT2D eigenvalue weighted by molar-refractivity contribution is 8.13. The highest BCUT2D eigenvalue weighted by atomic mass is 32.2. The first-order chi connectivity index (χ1) is 19.8. The van der Waals surface area contributed by atoms with Gasteiger partial charge in [-0.2, -0.15) is 57.1 Å². The SMILES string of the molecule is CCCCCCCCCCCC[N+](C)(CCC(=O)[O-])CC(=O)SCCC(F)(F)C(F)(F)C(F)(F)C(F)(F)C(F)(F)C(F)(F)F. The van der Waals surface area contributed by atoms with Crippen molar-refractivity contribution < 1.29 is 76.3 Å². The Hall–Kier alpha value is -1.46. The number of carbonyl (C=O) groups is 2. The van der Waals surface area contributed by atoms with Crippen LogP contribution in [-0.4, -0.2) is 83.8 Å². The monoisotopic (exact) mass is 691 g/mol. The fourth-order valence-electron chi connectivity index (χ4n) is 4.22. The quantitative estimate of drug-likeness (QED) is 0.0622. The van der Waals surface area contributed by atoms with Crippen LogP contribution in [0.25, 0.3) is 0 Å². The molecule has 0 aliphatic heterocycles. The number of nitrogens with zero attached hydrogens (tertiary/aromatic N) is 1. The summed E-state index contributed by atoms with van der Waals surface area (Å²) in [6.07, 6.45) is -0.780. The number of rotatable bonds is 23. The molecule has 1 atom stereocenters. The van der Waals surface area contributed by atoms with Gasteiger partial charge in [-0.15, -0.1) is 0 Å². The van der Waals surface area contributed by atoms with Gasteiger partial charge in [0.15, 0.2) is 0 Å². The van der Waals surface area contributed by atoms with Crippen molar-refractivity contribution in [3.8, 4) is 0 Å². The summed E-state index contributed by atoms with van der Waals surface area (Å²) in [6, 6.07) is 0. The smallest absolute Gasteiger partial charge is 0.460 e. The molecule has 18 heteroatoms. The van der Waals surface area contributed by atoms with Gasteiger partial charge in [0.1, 0.15) is 6.54 Å². The van der Waals surface area contributed by atoms with Crippen molar-refractivity contribution >= 4 is 22.8 Å². The highest BCUT2D eigenvalue weighted by Gasteiger charge is 2.90. The minimum Gasteiger partial charge on any atom is -0.550 e. The summed E-state index contributed by atoms with van der Waals surface area (Å²) in [5, 5.41) is 9.93. The number of hydrogen-bond acceptors (Lipinski definition) is 4. The molecule has 262 valence electrons. The Morgan fingerprint density at radius 2 is 1.07 bits per heavy atom. The molecule has 0 saturated carbocycles. The second-order valence-electron chi connectivity index (χ2n) is 11.0. The zero-order valence-corrected chi connectivity index (χ0v) is 25.1. The third kappa shape index (κ3) is 11.4. The van der Waals surface area contributed by atoms with Crippen LogP contribution in [0.2, 0.25) is 0 Å². The Balaban J connectivity index is 5.22. The third-order valence-electron chi connectivity index (χ3n) is 7.10. The zero-order chi connectivity index (χ0) is 34.7. The van der Waals surface area contributed by atoms with Gasteiger partial charge in [0.05, 0.1) is 20.1 Å². The molecule has 0 heterocycles. The molecule has 0 radical (unpaired) electrons. The molecule has 4 nitrogen and oxygen atoms in total. The minimum atomic E-state index is -7.97. The van der Waals surface area contributed by atoms with Crippen molar-refractivity contribution in [2.45, 2.75) is 120 Å². The van der Waals surface area contributed by atoms with E-state index in [0.29, 0.717) is 12.8 Å². The van der Waals surface area contributed by atoms with E-state index < -0.39 is 72.0 Å². The third-order valence-corrected chi connectivity index (χ3v) is 7.95. The summed E-state index contributed by atoms with van der Waals surface area (Å²) < 4.78 is 172. The molecule has 0 fully saturated rings. The number of thioether (sulfide) groups is 1. The molecule has 0 amide bonds. The van der Waals surface area contributed by atoms with Crippen molar-refractivity contribution in [1.82, 2.24) is 0 Å². The summed E-state index contributed by atoms with van der Waals surface area (Å²) in [4.78, 5) is 23.3. The van der Waals surface area contributed by atoms with Crippen molar-refractivity contribution in [2.24, 2.45) is 0 Å². The van der Waals surface area contributed by atoms with Crippen LogP contribution in [0.4, 0.5) is 57.1 Å². The number of hydrogen-bond donors (Lipinski definition) is 0. The van der Waals surface area contributed by atoms with Gasteiger partial charge in [-0.3, -0.25) is 4.79 Å². The second kappa shape index (κ2) is 16.9. The Labute approximate surface area is 251 Å². The fourth-order valence-corrected chi connectivity index (χ4v) is 5.21. The maximum Gasteiger partial charge on any atom is 0.460 e. The average Bonchev–Trinajstić information content (AvgIpc) is 2.87. The summed E-state index contributed by atoms with van der Waals surface area (Å²) >= 11 is -0.125. The molecule has 0 bridgehead atoms. The van der Waals surface area contributed by atoms with Crippen LogP contribution in [0.1, 0.15) is 84.0 Å². The lowest BCUT2D eigenvalue weighted by molar-refractivity contribution is -0.901. The number of halogens is 13. The van der Waals surface area contributed by atoms with Crippen molar-refractivity contribution in [2.75, 3.05) is 32.4 Å². The molecule has 0 spiro atoms. The van der Waals surface area contributed by atoms with E-state index in [9.17, 15) is 71.8 Å². The van der Waals surface area contributed by atoms with Gasteiger partial charge in [-0.1, -0.05) is 70.1 Å². The van der Waals surface area contributed by atoms with Gasteiger partial charge in [-0.25, -0.2) is 0 Å². The molecule has 0 aliphatic carbocycles. The molecule has 0 aromatic heterocycles. The number of quaternary nitrogens is 1. The molecule has 0 aromatic rings. The van der Waals surface area contributed by atoms with Crippen LogP contribution in [0.15, 0.2) is 0 Å². The van der Waals surface area contributed by atoms with Gasteiger partial charge in [0, 0.05) is 24.6 Å². The fraction of sp³-hybridized carbons (Fsp3) is 0.923. The van der Waals surface area contributed by atoms with E-state index in [-0.39, 0.29) is 29.3 Å². The van der Waals surface area contributed by atoms with Crippen LogP contribution >= 0.6 is 11.8 Å². The van der Waals surface area contributed by atoms with Gasteiger partial charge in [0.25, 0.3) is 0 Å². The van der Waals surface area contributed by atoms with Crippen molar-refractivity contribution in [3.05, 3.63) is 0 Å². The Bertz CT molecular complexity index is 901. The molecule has 0 N–H and O–H groups in total. The first-order valence-corrected chi connectivity index (χ1v) is 15.0. The summed E-state index contributed by atoms with van der Waals surface area (Å²) in [5.74, 6) is -40.2. The predicted octanol–water partition coefficient (Wildman–Crippen LogP) is 7.88. The summed E-state index contributed by atoms with van der Waals surface area (Å²) in [7, 11) is 1.45. The predicted molar refractivity (Wildman–Crippen MR) is 135 cm³/mol. The standard InChI is InChI=1S/C26H38F13NO3S/c1-3-4-5-6-7-8-9-10-11-12-15-40(2,16-13-19(41)42)18-20(43)44-17-14-21(27,28)22(29,30)23(31,32)24(33,34)25(35,36)26(37,38)39/h3-18H2,1-2H3. The van der Waals surface area contributed by atoms with E-state index in [0.717, 1.165) is 51.4 Å². The molecule has 0 rings (SSSR count). The van der Waals surface area contributed by atoms with Gasteiger partial charge < -0.3 is 14.4 Å². The molecule has 0 saturated heterocycles. The number of carbonyl (C=O) groups excluding carboxylic acids is 2. The number of alkyl halides is 13. The lowest BCUT2D eigenvalue weighted by Crippen LogP contribution is -2.70. The van der Waals surface area contributed by atoms with Gasteiger partial charge in [-0.05, 0) is 12.8 Å². The normalized spacial score (nSPS) is 15.3. The lowest BCUT2D eigenvalue weighted by Gasteiger charge is -2.39. The Morgan fingerprint density at radius 1 is 0.636 bits per heavy atom. The first kappa shape index (κ1) is 42.5. The number of carboxylic acids is 1. The van der Waals surface area contributed by atoms with Crippen molar-refractivity contribution in [1.29, 1.82) is 0 Å². The zero-order valence-electron chi connectivity index (χ0n) is 24.3. The van der Waals surface area contributed by atoms with E-state index in [1.54, 1.807) is 0 Å². The van der Waals surface area contributed by atoms with Crippen LogP contribution in [0.3, 0.4) is 0 Å². The molecule has 44 heavy (non-hydrogen) atoms. The Kier molecular flexibility index (Phi) is 16.3. The number of likely N-dealkylation sites (N-methyl/N-ethyl adjacent to an activating group) is 1. The van der Waals surface area contributed by atoms with Gasteiger partial charge in [0.2, 0.25) is 5.12 Å². The second-order valence-corrected chi connectivity index (χ2v) is 12.2. The first-order valence-electron chi connectivity index (χ1n) is 14.0. The summed E-state index contributed by atoms with van der Waals surface area (Å²) in [6.45, 7) is 1.64. The maximum absolute atomic E-state index is 14.0. The average molecular weight is 692 g/mol. The molecule has 0 aromatic carbocycles. The number of unbranched alkanes of at least 4 members (excludes halogenated alkanes) is 9. The Morgan fingerprint density at radius 3 is 1.50 bits per heavy atom. The van der Waals surface area contributed by atoms with E-state index in [1.165, 1.54) is 7.05 Å². The largest absolute Gasteiger partial charge is 0.550 e. The van der Waals surface area contributed by atoms with Crippen LogP contribution < -0.4 is 5.11 Å². The molecular formula is C26H38F13NO3S. The molecule has 1 unspecified atom stereocenters. The van der Waals surface area contributed by atoms with Crippen LogP contribution in [0, 0.1) is 0 Å². The summed E-state index contributed by atoms with van der Waals surface area (Å²) in [5.41, 5.74) is 0. The van der Waals surface area contributed by atoms with Crippen LogP contribution in [-0.2, 0) is 9.59 Å². The number of carboxylic acid groups (broad SMARTS) is 1. The van der Waals surface area contributed by atoms with E-state index in [4.69, 9.17) is 0 Å². The lowest BCUT2D eigenvalue weighted by atomic mass is 9.93. The van der Waals surface area contributed by atoms with Crippen LogP contribution in [0.5, 0.6) is 0 Å². The number of aliphatic carboxylic acids is 1. The van der Waals surface area contributed by atoms with E-state index in [1.807, 2.05) is 0 Å². The van der Waals surface area contributed by atoms with Crippen molar-refractivity contribution in [3.63, 3.8) is 0 Å².